The van der Waals surface area contributed by atoms with Gasteiger partial charge in [0.05, 0.1) is 11.5 Å². The number of hydrogen-bond donors (Lipinski definition) is 2. The number of rotatable bonds is 7. The van der Waals surface area contributed by atoms with Crippen molar-refractivity contribution in [3.63, 3.8) is 0 Å². The summed E-state index contributed by atoms with van der Waals surface area (Å²) in [5.74, 6) is -1.26. The molecule has 0 atom stereocenters. The molecule has 1 heterocycles. The fraction of sp³-hybridized carbons (Fsp3) is 0.188. The molecule has 2 rings (SSSR count). The van der Waals surface area contributed by atoms with Crippen molar-refractivity contribution in [2.75, 3.05) is 13.2 Å². The van der Waals surface area contributed by atoms with E-state index in [1.807, 2.05) is 0 Å². The highest BCUT2D eigenvalue weighted by Gasteiger charge is 2.21. The molecule has 0 spiro atoms. The fourth-order valence-corrected chi connectivity index (χ4v) is 2.38. The van der Waals surface area contributed by atoms with Crippen LogP contribution in [0, 0.1) is 10.1 Å². The molecule has 0 fully saturated rings. The zero-order chi connectivity index (χ0) is 20.0. The highest BCUT2D eigenvalue weighted by atomic mass is 79.9. The third-order valence-corrected chi connectivity index (χ3v) is 3.61. The van der Waals surface area contributed by atoms with Crippen LogP contribution in [0.25, 0.3) is 12.2 Å². The van der Waals surface area contributed by atoms with Gasteiger partial charge in [-0.3, -0.25) is 14.9 Å². The van der Waals surface area contributed by atoms with E-state index < -0.39 is 28.0 Å². The van der Waals surface area contributed by atoms with Crippen molar-refractivity contribution in [2.24, 2.45) is 0 Å². The van der Waals surface area contributed by atoms with Crippen molar-refractivity contribution in [1.29, 1.82) is 0 Å². The third-order valence-electron chi connectivity index (χ3n) is 3.12. The highest BCUT2D eigenvalue weighted by Crippen LogP contribution is 2.25. The quantitative estimate of drug-likeness (QED) is 0.379. The molecule has 0 bridgehead atoms. The normalized spacial score (nSPS) is 10.7. The smallest absolute Gasteiger partial charge is 0.395 e. The van der Waals surface area contributed by atoms with Gasteiger partial charge >= 0.3 is 17.2 Å². The Morgan fingerprint density at radius 2 is 2.19 bits per heavy atom. The lowest BCUT2D eigenvalue weighted by atomic mass is 10.2. The van der Waals surface area contributed by atoms with Gasteiger partial charge in [0.15, 0.2) is 6.61 Å². The van der Waals surface area contributed by atoms with Crippen LogP contribution in [0.2, 0.25) is 0 Å². The van der Waals surface area contributed by atoms with E-state index in [4.69, 9.17) is 9.47 Å². The summed E-state index contributed by atoms with van der Waals surface area (Å²) in [6.07, 6.45) is 2.82. The Morgan fingerprint density at radius 3 is 2.81 bits per heavy atom. The van der Waals surface area contributed by atoms with Crippen molar-refractivity contribution in [3.8, 4) is 11.6 Å². The lowest BCUT2D eigenvalue weighted by Crippen LogP contribution is -2.15. The maximum Gasteiger partial charge on any atom is 0.395 e. The van der Waals surface area contributed by atoms with Crippen LogP contribution < -0.4 is 10.3 Å². The Kier molecular flexibility index (Phi) is 6.66. The zero-order valence-electron chi connectivity index (χ0n) is 14.0. The predicted molar refractivity (Wildman–Crippen MR) is 98.4 cm³/mol. The Morgan fingerprint density at radius 1 is 1.44 bits per heavy atom. The summed E-state index contributed by atoms with van der Waals surface area (Å²) >= 11 is 3.31. The number of hydrogen-bond acceptors (Lipinski definition) is 8. The molecule has 1 aromatic heterocycles. The largest absolute Gasteiger partial charge is 0.488 e. The van der Waals surface area contributed by atoms with Crippen LogP contribution in [0.3, 0.4) is 0 Å². The first kappa shape index (κ1) is 20.1. The molecule has 2 N–H and O–H groups in total. The van der Waals surface area contributed by atoms with E-state index in [1.54, 1.807) is 25.1 Å². The van der Waals surface area contributed by atoms with Gasteiger partial charge in [0, 0.05) is 10.0 Å². The second-order valence-electron chi connectivity index (χ2n) is 4.99. The number of ether oxygens (including phenoxy) is 2. The first-order chi connectivity index (χ1) is 12.8. The van der Waals surface area contributed by atoms with E-state index >= 15 is 0 Å². The van der Waals surface area contributed by atoms with Crippen LogP contribution in [-0.2, 0) is 9.53 Å². The van der Waals surface area contributed by atoms with E-state index in [0.29, 0.717) is 11.3 Å². The minimum atomic E-state index is -1.08. The summed E-state index contributed by atoms with van der Waals surface area (Å²) in [7, 11) is 0. The molecule has 11 heteroatoms. The standard InChI is InChI=1S/C16H14BrN3O7/c1-2-26-13(21)8-27-11-5-4-10(17)7-9(11)3-6-12-18-15(22)14(20(24)25)16(23)19-12/h3-7H,2,8H2,1H3,(H2,18,19,22,23)/b6-3-. The Hall–Kier alpha value is -3.21. The van der Waals surface area contributed by atoms with Crippen molar-refractivity contribution in [1.82, 2.24) is 9.97 Å². The van der Waals surface area contributed by atoms with Gasteiger partial charge in [-0.05, 0) is 37.3 Å². The number of aromatic amines is 1. The number of aromatic nitrogens is 2. The van der Waals surface area contributed by atoms with Gasteiger partial charge in [0.25, 0.3) is 5.88 Å². The molecule has 1 aromatic carbocycles. The minimum Gasteiger partial charge on any atom is -0.488 e. The van der Waals surface area contributed by atoms with E-state index in [0.717, 1.165) is 4.47 Å². The number of halogens is 1. The van der Waals surface area contributed by atoms with Crippen molar-refractivity contribution < 1.29 is 24.3 Å². The number of H-pyrrole nitrogens is 1. The van der Waals surface area contributed by atoms with Crippen LogP contribution in [-0.4, -0.2) is 39.2 Å². The number of nitro groups is 1. The molecule has 2 aromatic rings. The second kappa shape index (κ2) is 8.94. The van der Waals surface area contributed by atoms with Crippen molar-refractivity contribution in [2.45, 2.75) is 6.92 Å². The van der Waals surface area contributed by atoms with Gasteiger partial charge in [0.1, 0.15) is 11.6 Å². The summed E-state index contributed by atoms with van der Waals surface area (Å²) in [6.45, 7) is 1.63. The number of carbonyl (C=O) groups excluding carboxylic acids is 1. The van der Waals surface area contributed by atoms with Crippen molar-refractivity contribution >= 4 is 39.7 Å². The molecule has 27 heavy (non-hydrogen) atoms. The Balaban J connectivity index is 2.28. The van der Waals surface area contributed by atoms with E-state index in [1.165, 1.54) is 12.2 Å². The number of nitrogens with one attached hydrogen (secondary N) is 1. The van der Waals surface area contributed by atoms with E-state index in [2.05, 4.69) is 25.9 Å². The molecule has 0 aliphatic heterocycles. The molecule has 0 aliphatic rings. The predicted octanol–water partition coefficient (Wildman–Crippen LogP) is 2.26. The molecule has 0 amide bonds. The average Bonchev–Trinajstić information content (AvgIpc) is 2.58. The molecule has 0 saturated heterocycles. The number of esters is 1. The van der Waals surface area contributed by atoms with Crippen LogP contribution >= 0.6 is 15.9 Å². The van der Waals surface area contributed by atoms with Gasteiger partial charge < -0.3 is 19.6 Å². The monoisotopic (exact) mass is 439 g/mol. The second-order valence-corrected chi connectivity index (χ2v) is 5.91. The molecule has 0 aliphatic carbocycles. The lowest BCUT2D eigenvalue weighted by molar-refractivity contribution is -0.387. The number of carbonyl (C=O) groups is 1. The van der Waals surface area contributed by atoms with Gasteiger partial charge in [0.2, 0.25) is 0 Å². The van der Waals surface area contributed by atoms with Gasteiger partial charge in [-0.2, -0.15) is 4.98 Å². The van der Waals surface area contributed by atoms with Crippen molar-refractivity contribution in [3.05, 3.63) is 54.5 Å². The van der Waals surface area contributed by atoms with Gasteiger partial charge in [-0.25, -0.2) is 4.79 Å². The van der Waals surface area contributed by atoms with Crippen LogP contribution in [0.4, 0.5) is 5.69 Å². The Bertz CT molecular complexity index is 956. The molecular weight excluding hydrogens is 426 g/mol. The minimum absolute atomic E-state index is 0.0978. The summed E-state index contributed by atoms with van der Waals surface area (Å²) < 4.78 is 10.9. The molecular formula is C16H14BrN3O7. The summed E-state index contributed by atoms with van der Waals surface area (Å²) in [4.78, 5) is 38.5. The van der Waals surface area contributed by atoms with Crippen LogP contribution in [0.1, 0.15) is 18.3 Å². The average molecular weight is 440 g/mol. The molecule has 0 radical (unpaired) electrons. The molecule has 142 valence electrons. The zero-order valence-corrected chi connectivity index (χ0v) is 15.6. The fourth-order valence-electron chi connectivity index (χ4n) is 2.00. The van der Waals surface area contributed by atoms with E-state index in [9.17, 15) is 24.8 Å². The summed E-state index contributed by atoms with van der Waals surface area (Å²) in [6, 6.07) is 5.00. The molecule has 0 saturated carbocycles. The molecule has 10 nitrogen and oxygen atoms in total. The van der Waals surface area contributed by atoms with E-state index in [-0.39, 0.29) is 19.0 Å². The first-order valence-corrected chi connectivity index (χ1v) is 8.34. The van der Waals surface area contributed by atoms with Crippen LogP contribution in [0.5, 0.6) is 11.6 Å². The number of benzene rings is 1. The van der Waals surface area contributed by atoms with Crippen LogP contribution in [0.15, 0.2) is 27.5 Å². The number of aromatic hydroxyl groups is 1. The Labute approximate surface area is 160 Å². The highest BCUT2D eigenvalue weighted by molar-refractivity contribution is 9.10. The topological polar surface area (TPSA) is 145 Å². The molecule has 0 unspecified atom stereocenters. The first-order valence-electron chi connectivity index (χ1n) is 7.55. The summed E-state index contributed by atoms with van der Waals surface area (Å²) in [5.41, 5.74) is -1.59. The maximum atomic E-state index is 11.7. The summed E-state index contributed by atoms with van der Waals surface area (Å²) in [5, 5.41) is 20.2. The SMILES string of the molecule is CCOC(=O)COc1ccc(Br)cc1/C=C\c1nc(O)c([N+](=O)[O-])c(=O)[nH]1. The maximum absolute atomic E-state index is 11.7. The number of nitrogens with zero attached hydrogens (tertiary/aromatic N) is 2. The third kappa shape index (κ3) is 5.38. The van der Waals surface area contributed by atoms with Gasteiger partial charge in [-0.15, -0.1) is 0 Å². The lowest BCUT2D eigenvalue weighted by Gasteiger charge is -2.09. The van der Waals surface area contributed by atoms with Gasteiger partial charge in [-0.1, -0.05) is 15.9 Å².